The number of nitrogens with zero attached hydrogens (tertiary/aromatic N) is 2. The second-order valence-electron chi connectivity index (χ2n) is 4.15. The molecule has 0 bridgehead atoms. The van der Waals surface area contributed by atoms with Gasteiger partial charge in [0.05, 0.1) is 12.7 Å². The van der Waals surface area contributed by atoms with Crippen LogP contribution in [0.3, 0.4) is 0 Å². The van der Waals surface area contributed by atoms with E-state index in [1.54, 1.807) is 25.3 Å². The van der Waals surface area contributed by atoms with Crippen molar-refractivity contribution in [3.8, 4) is 23.0 Å². The van der Waals surface area contributed by atoms with Crippen molar-refractivity contribution >= 4 is 0 Å². The highest BCUT2D eigenvalue weighted by Crippen LogP contribution is 2.32. The van der Waals surface area contributed by atoms with E-state index in [-0.39, 0.29) is 11.7 Å². The molecule has 1 atom stereocenters. The summed E-state index contributed by atoms with van der Waals surface area (Å²) in [5.41, 5.74) is 0.483. The Morgan fingerprint density at radius 1 is 1.44 bits per heavy atom. The van der Waals surface area contributed by atoms with E-state index in [9.17, 15) is 5.11 Å². The predicted octanol–water partition coefficient (Wildman–Crippen LogP) is 2.96. The maximum absolute atomic E-state index is 9.81. The van der Waals surface area contributed by atoms with Crippen LogP contribution in [0.2, 0.25) is 0 Å². The van der Waals surface area contributed by atoms with Crippen LogP contribution < -0.4 is 4.74 Å². The zero-order valence-electron chi connectivity index (χ0n) is 10.7. The Labute approximate surface area is 105 Å². The summed E-state index contributed by atoms with van der Waals surface area (Å²) in [7, 11) is 1.56. The van der Waals surface area contributed by atoms with Gasteiger partial charge in [-0.15, -0.1) is 0 Å². The fraction of sp³-hybridized carbons (Fsp3) is 0.385. The van der Waals surface area contributed by atoms with E-state index in [1.807, 2.05) is 6.92 Å². The van der Waals surface area contributed by atoms with Gasteiger partial charge < -0.3 is 14.4 Å². The van der Waals surface area contributed by atoms with E-state index >= 15 is 0 Å². The van der Waals surface area contributed by atoms with Crippen LogP contribution in [0.15, 0.2) is 22.7 Å². The van der Waals surface area contributed by atoms with Gasteiger partial charge >= 0.3 is 0 Å². The Kier molecular flexibility index (Phi) is 3.50. The van der Waals surface area contributed by atoms with Gasteiger partial charge in [0.1, 0.15) is 11.5 Å². The van der Waals surface area contributed by atoms with Gasteiger partial charge in [-0.1, -0.05) is 19.0 Å². The molecule has 0 aliphatic carbocycles. The Bertz CT molecular complexity index is 537. The minimum Gasteiger partial charge on any atom is -0.507 e. The summed E-state index contributed by atoms with van der Waals surface area (Å²) in [5, 5.41) is 13.7. The Morgan fingerprint density at radius 3 is 2.89 bits per heavy atom. The second-order valence-corrected chi connectivity index (χ2v) is 4.15. The number of aromatic hydroxyl groups is 1. The third-order valence-electron chi connectivity index (χ3n) is 2.93. The van der Waals surface area contributed by atoms with Crippen molar-refractivity contribution in [1.82, 2.24) is 10.1 Å². The Morgan fingerprint density at radius 2 is 2.22 bits per heavy atom. The van der Waals surface area contributed by atoms with Gasteiger partial charge in [-0.25, -0.2) is 0 Å². The van der Waals surface area contributed by atoms with Crippen molar-refractivity contribution in [2.24, 2.45) is 0 Å². The lowest BCUT2D eigenvalue weighted by Gasteiger charge is -2.03. The van der Waals surface area contributed by atoms with E-state index in [0.29, 0.717) is 23.0 Å². The van der Waals surface area contributed by atoms with Crippen LogP contribution >= 0.6 is 0 Å². The van der Waals surface area contributed by atoms with E-state index in [2.05, 4.69) is 17.1 Å². The molecule has 1 unspecified atom stereocenters. The van der Waals surface area contributed by atoms with E-state index in [1.165, 1.54) is 0 Å². The summed E-state index contributed by atoms with van der Waals surface area (Å²) in [6, 6.07) is 4.88. The van der Waals surface area contributed by atoms with E-state index < -0.39 is 0 Å². The molecule has 0 aliphatic rings. The third-order valence-corrected chi connectivity index (χ3v) is 2.93. The zero-order valence-corrected chi connectivity index (χ0v) is 10.7. The predicted molar refractivity (Wildman–Crippen MR) is 66.7 cm³/mol. The maximum atomic E-state index is 9.81. The number of benzene rings is 1. The molecular weight excluding hydrogens is 232 g/mol. The molecule has 2 rings (SSSR count). The first-order valence-corrected chi connectivity index (χ1v) is 5.86. The van der Waals surface area contributed by atoms with Crippen LogP contribution in [0.1, 0.15) is 32.0 Å². The third kappa shape index (κ3) is 2.30. The Balaban J connectivity index is 2.39. The van der Waals surface area contributed by atoms with Gasteiger partial charge in [0.2, 0.25) is 0 Å². The number of phenols is 1. The molecule has 0 saturated heterocycles. The first kappa shape index (κ1) is 12.4. The summed E-state index contributed by atoms with van der Waals surface area (Å²) in [6.45, 7) is 4.09. The van der Waals surface area contributed by atoms with Crippen LogP contribution in [-0.2, 0) is 0 Å². The average molecular weight is 248 g/mol. The standard InChI is InChI=1S/C13H16N2O3/c1-4-8(2)12-14-13(18-15-12)10-7-9(17-3)5-6-11(10)16/h5-8,16H,4H2,1-3H3. The molecule has 1 aromatic carbocycles. The molecule has 0 amide bonds. The average Bonchev–Trinajstić information content (AvgIpc) is 2.88. The number of methoxy groups -OCH3 is 1. The molecule has 1 N–H and O–H groups in total. The molecule has 18 heavy (non-hydrogen) atoms. The highest BCUT2D eigenvalue weighted by atomic mass is 16.5. The van der Waals surface area contributed by atoms with Crippen LogP contribution in [0.4, 0.5) is 0 Å². The summed E-state index contributed by atoms with van der Waals surface area (Å²) >= 11 is 0. The first-order valence-electron chi connectivity index (χ1n) is 5.86. The highest BCUT2D eigenvalue weighted by Gasteiger charge is 2.16. The minimum atomic E-state index is 0.0927. The van der Waals surface area contributed by atoms with Gasteiger partial charge in [0, 0.05) is 5.92 Å². The molecule has 5 nitrogen and oxygen atoms in total. The van der Waals surface area contributed by atoms with Crippen molar-refractivity contribution in [2.75, 3.05) is 7.11 Å². The molecule has 1 heterocycles. The second kappa shape index (κ2) is 5.08. The molecule has 0 spiro atoms. The minimum absolute atomic E-state index is 0.0927. The summed E-state index contributed by atoms with van der Waals surface area (Å²) < 4.78 is 10.3. The number of rotatable bonds is 4. The lowest BCUT2D eigenvalue weighted by Crippen LogP contribution is -1.93. The molecular formula is C13H16N2O3. The quantitative estimate of drug-likeness (QED) is 0.900. The number of aromatic nitrogens is 2. The fourth-order valence-electron chi connectivity index (χ4n) is 1.54. The van der Waals surface area contributed by atoms with Crippen molar-refractivity contribution in [3.05, 3.63) is 24.0 Å². The first-order chi connectivity index (χ1) is 8.65. The topological polar surface area (TPSA) is 68.4 Å². The molecule has 0 saturated carbocycles. The summed E-state index contributed by atoms with van der Waals surface area (Å²) in [4.78, 5) is 4.29. The molecule has 1 aromatic heterocycles. The number of hydrogen-bond donors (Lipinski definition) is 1. The highest BCUT2D eigenvalue weighted by molar-refractivity contribution is 5.64. The van der Waals surface area contributed by atoms with Gasteiger partial charge in [0.15, 0.2) is 5.82 Å². The molecule has 5 heteroatoms. The van der Waals surface area contributed by atoms with Crippen molar-refractivity contribution in [1.29, 1.82) is 0 Å². The number of hydrogen-bond acceptors (Lipinski definition) is 5. The lowest BCUT2D eigenvalue weighted by molar-refractivity contribution is 0.405. The molecule has 96 valence electrons. The van der Waals surface area contributed by atoms with Crippen LogP contribution in [0.5, 0.6) is 11.5 Å². The van der Waals surface area contributed by atoms with Crippen molar-refractivity contribution in [3.63, 3.8) is 0 Å². The normalized spacial score (nSPS) is 12.4. The monoisotopic (exact) mass is 248 g/mol. The number of phenolic OH excluding ortho intramolecular Hbond substituents is 1. The summed E-state index contributed by atoms with van der Waals surface area (Å²) in [5.74, 6) is 1.91. The maximum Gasteiger partial charge on any atom is 0.261 e. The molecule has 0 radical (unpaired) electrons. The van der Waals surface area contributed by atoms with Gasteiger partial charge in [-0.3, -0.25) is 0 Å². The van der Waals surface area contributed by atoms with Gasteiger partial charge in [0.25, 0.3) is 5.89 Å². The molecule has 0 aliphatic heterocycles. The largest absolute Gasteiger partial charge is 0.507 e. The molecule has 2 aromatic rings. The smallest absolute Gasteiger partial charge is 0.261 e. The number of ether oxygens (including phenoxy) is 1. The summed E-state index contributed by atoms with van der Waals surface area (Å²) in [6.07, 6.45) is 0.934. The van der Waals surface area contributed by atoms with Crippen LogP contribution in [0.25, 0.3) is 11.5 Å². The zero-order chi connectivity index (χ0) is 13.1. The lowest BCUT2D eigenvalue weighted by atomic mass is 10.1. The van der Waals surface area contributed by atoms with Crippen LogP contribution in [-0.4, -0.2) is 22.4 Å². The van der Waals surface area contributed by atoms with Gasteiger partial charge in [-0.05, 0) is 24.6 Å². The van der Waals surface area contributed by atoms with Crippen molar-refractivity contribution in [2.45, 2.75) is 26.2 Å². The van der Waals surface area contributed by atoms with E-state index in [0.717, 1.165) is 6.42 Å². The van der Waals surface area contributed by atoms with Crippen molar-refractivity contribution < 1.29 is 14.4 Å². The molecule has 0 fully saturated rings. The Hall–Kier alpha value is -2.04. The van der Waals surface area contributed by atoms with Crippen LogP contribution in [0, 0.1) is 0 Å². The SMILES string of the molecule is CCC(C)c1noc(-c2cc(OC)ccc2O)n1. The fourth-order valence-corrected chi connectivity index (χ4v) is 1.54. The van der Waals surface area contributed by atoms with E-state index in [4.69, 9.17) is 9.26 Å². The van der Waals surface area contributed by atoms with Gasteiger partial charge in [-0.2, -0.15) is 4.98 Å².